The van der Waals surface area contributed by atoms with Crippen LogP contribution >= 0.6 is 0 Å². The lowest BCUT2D eigenvalue weighted by molar-refractivity contribution is -0.603. The van der Waals surface area contributed by atoms with Crippen molar-refractivity contribution in [2.24, 2.45) is 14.1 Å². The highest BCUT2D eigenvalue weighted by Crippen LogP contribution is 2.23. The number of pyridine rings is 1. The van der Waals surface area contributed by atoms with Crippen LogP contribution in [0.5, 0.6) is 5.88 Å². The summed E-state index contributed by atoms with van der Waals surface area (Å²) in [5, 5.41) is 21.2. The molecule has 8 nitrogen and oxygen atoms in total. The van der Waals surface area contributed by atoms with Gasteiger partial charge in [-0.15, -0.1) is 0 Å². The summed E-state index contributed by atoms with van der Waals surface area (Å²) < 4.78 is 3.87. The molecule has 0 fully saturated rings. The van der Waals surface area contributed by atoms with Gasteiger partial charge in [-0.25, -0.2) is 9.36 Å². The SMILES string of the molecule is Cn1c2nc(-[n+]3cccc(CO)c3)nc-2c([O-])n(C)c1=O. The highest BCUT2D eigenvalue weighted by molar-refractivity contribution is 5.58. The van der Waals surface area contributed by atoms with Crippen molar-refractivity contribution in [1.29, 1.82) is 0 Å². The van der Waals surface area contributed by atoms with Crippen LogP contribution in [0.4, 0.5) is 0 Å². The van der Waals surface area contributed by atoms with Crippen LogP contribution in [0.1, 0.15) is 5.56 Å². The third-order valence-corrected chi connectivity index (χ3v) is 3.30. The predicted octanol–water partition coefficient (Wildman–Crippen LogP) is -1.54. The van der Waals surface area contributed by atoms with Gasteiger partial charge in [-0.2, -0.15) is 0 Å². The Morgan fingerprint density at radius 1 is 1.33 bits per heavy atom. The van der Waals surface area contributed by atoms with Crippen molar-refractivity contribution >= 4 is 0 Å². The quantitative estimate of drug-likeness (QED) is 0.576. The Morgan fingerprint density at radius 2 is 2.10 bits per heavy atom. The van der Waals surface area contributed by atoms with Crippen LogP contribution in [0.25, 0.3) is 17.5 Å². The van der Waals surface area contributed by atoms with Gasteiger partial charge < -0.3 is 14.8 Å². The second-order valence-electron chi connectivity index (χ2n) is 4.68. The van der Waals surface area contributed by atoms with Gasteiger partial charge in [0.1, 0.15) is 0 Å². The number of aliphatic hydroxyl groups is 1. The molecule has 0 spiro atoms. The van der Waals surface area contributed by atoms with E-state index in [0.29, 0.717) is 5.56 Å². The summed E-state index contributed by atoms with van der Waals surface area (Å²) >= 11 is 0. The molecule has 3 heterocycles. The van der Waals surface area contributed by atoms with E-state index < -0.39 is 11.6 Å². The number of aromatic nitrogens is 5. The molecule has 1 N–H and O–H groups in total. The molecule has 0 atom stereocenters. The van der Waals surface area contributed by atoms with Gasteiger partial charge in [0.25, 0.3) is 5.82 Å². The van der Waals surface area contributed by atoms with Gasteiger partial charge in [0.05, 0.1) is 19.0 Å². The van der Waals surface area contributed by atoms with Crippen LogP contribution in [0, 0.1) is 0 Å². The maximum Gasteiger partial charge on any atom is 0.440 e. The second-order valence-corrected chi connectivity index (χ2v) is 4.68. The van der Waals surface area contributed by atoms with Crippen molar-refractivity contribution in [3.05, 3.63) is 40.6 Å². The normalized spacial score (nSPS) is 11.2. The summed E-state index contributed by atoms with van der Waals surface area (Å²) in [6.07, 6.45) is 3.37. The van der Waals surface area contributed by atoms with Crippen LogP contribution in [0.2, 0.25) is 0 Å². The molecule has 0 unspecified atom stereocenters. The van der Waals surface area contributed by atoms with E-state index in [1.54, 1.807) is 29.1 Å². The molecule has 1 aromatic rings. The standard InChI is InChI=1S/C13H13N5O3/c1-16-10-9(11(20)17(2)13(16)21)14-12(15-10)18-5-3-4-8(6-18)7-19/h3-6,19H,7H2,1-2H3. The zero-order chi connectivity index (χ0) is 15.1. The van der Waals surface area contributed by atoms with Gasteiger partial charge in [-0.1, -0.05) is 11.1 Å². The fourth-order valence-corrected chi connectivity index (χ4v) is 2.12. The highest BCUT2D eigenvalue weighted by Gasteiger charge is 2.27. The fourth-order valence-electron chi connectivity index (χ4n) is 2.12. The molecule has 21 heavy (non-hydrogen) atoms. The Morgan fingerprint density at radius 3 is 2.81 bits per heavy atom. The largest absolute Gasteiger partial charge is 0.857 e. The van der Waals surface area contributed by atoms with Gasteiger partial charge in [0.15, 0.2) is 0 Å². The number of hydrogen-bond acceptors (Lipinski definition) is 5. The van der Waals surface area contributed by atoms with Gasteiger partial charge in [0, 0.05) is 25.5 Å². The van der Waals surface area contributed by atoms with Crippen molar-refractivity contribution in [3.8, 4) is 23.3 Å². The van der Waals surface area contributed by atoms with Gasteiger partial charge >= 0.3 is 11.6 Å². The highest BCUT2D eigenvalue weighted by atomic mass is 16.3. The first-order valence-corrected chi connectivity index (χ1v) is 6.25. The minimum atomic E-state index is -0.481. The molecule has 2 aliphatic heterocycles. The van der Waals surface area contributed by atoms with Crippen molar-refractivity contribution in [2.75, 3.05) is 0 Å². The summed E-state index contributed by atoms with van der Waals surface area (Å²) in [6.45, 7) is -0.110. The van der Waals surface area contributed by atoms with Crippen molar-refractivity contribution in [3.63, 3.8) is 0 Å². The average molecular weight is 287 g/mol. The van der Waals surface area contributed by atoms with Gasteiger partial charge in [0.2, 0.25) is 5.69 Å². The van der Waals surface area contributed by atoms with Crippen molar-refractivity contribution in [1.82, 2.24) is 19.1 Å². The minimum Gasteiger partial charge on any atom is -0.857 e. The molecule has 0 aromatic carbocycles. The topological polar surface area (TPSA) is 99.9 Å². The number of imidazole rings is 1. The maximum atomic E-state index is 12.1. The van der Waals surface area contributed by atoms with Crippen molar-refractivity contribution < 1.29 is 14.8 Å². The molecule has 0 saturated heterocycles. The Balaban J connectivity index is 2.27. The molecule has 1 aromatic heterocycles. The second kappa shape index (κ2) is 4.67. The Hall–Kier alpha value is -2.74. The number of aliphatic hydroxyl groups excluding tert-OH is 1. The predicted molar refractivity (Wildman–Crippen MR) is 69.8 cm³/mol. The maximum absolute atomic E-state index is 12.1. The Kier molecular flexibility index (Phi) is 2.95. The monoisotopic (exact) mass is 287 g/mol. The van der Waals surface area contributed by atoms with Crippen LogP contribution in [-0.2, 0) is 20.7 Å². The van der Waals surface area contributed by atoms with Crippen molar-refractivity contribution in [2.45, 2.75) is 6.61 Å². The van der Waals surface area contributed by atoms with Crippen LogP contribution in [-0.4, -0.2) is 24.2 Å². The summed E-state index contributed by atoms with van der Waals surface area (Å²) in [4.78, 5) is 20.3. The van der Waals surface area contributed by atoms with E-state index in [1.807, 2.05) is 0 Å². The molecule has 3 rings (SSSR count). The molecule has 0 aliphatic carbocycles. The van der Waals surface area contributed by atoms with Crippen LogP contribution in [0.3, 0.4) is 0 Å². The van der Waals surface area contributed by atoms with Crippen LogP contribution in [0.15, 0.2) is 29.3 Å². The molecule has 0 bridgehead atoms. The minimum absolute atomic E-state index is 0.110. The average Bonchev–Trinajstić information content (AvgIpc) is 2.96. The summed E-state index contributed by atoms with van der Waals surface area (Å²) in [6, 6.07) is 3.50. The van der Waals surface area contributed by atoms with E-state index in [1.165, 1.54) is 18.7 Å². The summed E-state index contributed by atoms with van der Waals surface area (Å²) in [5.74, 6) is 0.0318. The van der Waals surface area contributed by atoms with E-state index in [2.05, 4.69) is 9.97 Å². The lowest BCUT2D eigenvalue weighted by Crippen LogP contribution is -2.32. The van der Waals surface area contributed by atoms with Gasteiger partial charge in [-0.05, 0) is 11.1 Å². The number of nitrogens with zero attached hydrogens (tertiary/aromatic N) is 5. The molecule has 8 heteroatoms. The first-order chi connectivity index (χ1) is 10.0. The zero-order valence-electron chi connectivity index (χ0n) is 11.5. The molecular formula is C13H13N5O3. The zero-order valence-corrected chi connectivity index (χ0v) is 11.5. The summed E-state index contributed by atoms with van der Waals surface area (Å²) in [5.41, 5.74) is 0.373. The lowest BCUT2D eigenvalue weighted by atomic mass is 10.3. The summed E-state index contributed by atoms with van der Waals surface area (Å²) in [7, 11) is 2.94. The molecular weight excluding hydrogens is 274 g/mol. The Bertz CT molecular complexity index is 852. The van der Waals surface area contributed by atoms with E-state index in [-0.39, 0.29) is 24.1 Å². The third kappa shape index (κ3) is 1.96. The number of rotatable bonds is 2. The van der Waals surface area contributed by atoms with E-state index in [9.17, 15) is 9.90 Å². The van der Waals surface area contributed by atoms with E-state index in [0.717, 1.165) is 4.57 Å². The number of fused-ring (bicyclic) bond motifs is 1. The number of hydrogen-bond donors (Lipinski definition) is 1. The lowest BCUT2D eigenvalue weighted by Gasteiger charge is -2.14. The smallest absolute Gasteiger partial charge is 0.440 e. The molecule has 2 aliphatic rings. The van der Waals surface area contributed by atoms with E-state index in [4.69, 9.17) is 5.11 Å². The first-order valence-electron chi connectivity index (χ1n) is 6.25. The van der Waals surface area contributed by atoms with Crippen LogP contribution < -0.4 is 15.4 Å². The Labute approximate surface area is 119 Å². The van der Waals surface area contributed by atoms with Gasteiger partial charge in [-0.3, -0.25) is 4.57 Å². The molecule has 0 saturated carbocycles. The molecule has 0 amide bonds. The fraction of sp³-hybridized carbons (Fsp3) is 0.231. The van der Waals surface area contributed by atoms with E-state index >= 15 is 0 Å². The first kappa shape index (κ1) is 13.3. The molecule has 0 radical (unpaired) electrons. The molecule has 108 valence electrons. The third-order valence-electron chi connectivity index (χ3n) is 3.30.